The van der Waals surface area contributed by atoms with Crippen molar-refractivity contribution < 1.29 is 26.4 Å². The number of hydrogen-bond acceptors (Lipinski definition) is 2. The van der Waals surface area contributed by atoms with E-state index in [2.05, 4.69) is 90.3 Å². The Labute approximate surface area is 196 Å². The predicted octanol–water partition coefficient (Wildman–Crippen LogP) is 2.76. The molecule has 0 aliphatic carbocycles. The molecular weight excluding hydrogens is 406 g/mol. The minimum Gasteiger partial charge on any atom is -1.00 e. The second kappa shape index (κ2) is 13.8. The van der Waals surface area contributed by atoms with Gasteiger partial charge in [-0.1, -0.05) is 70.2 Å². The average Bonchev–Trinajstić information content (AvgIpc) is 2.65. The molecule has 2 rings (SSSR count). The molecule has 0 radical (unpaired) electrons. The Balaban J connectivity index is 0.00000480. The molecule has 174 valence electrons. The van der Waals surface area contributed by atoms with Crippen molar-refractivity contribution in [2.45, 2.75) is 47.1 Å². The van der Waals surface area contributed by atoms with E-state index in [4.69, 9.17) is 9.47 Å². The predicted molar refractivity (Wildman–Crippen MR) is 127 cm³/mol. The first-order valence-corrected chi connectivity index (χ1v) is 11.4. The summed E-state index contributed by atoms with van der Waals surface area (Å²) < 4.78 is 12.9. The second-order valence-corrected chi connectivity index (χ2v) is 9.90. The van der Waals surface area contributed by atoms with E-state index in [1.807, 2.05) is 0 Å². The van der Waals surface area contributed by atoms with Gasteiger partial charge in [0.1, 0.15) is 25.4 Å². The van der Waals surface area contributed by atoms with Crippen LogP contribution in [0.2, 0.25) is 0 Å². The van der Waals surface area contributed by atoms with Gasteiger partial charge >= 0.3 is 0 Å². The van der Waals surface area contributed by atoms with E-state index >= 15 is 0 Å². The minimum absolute atomic E-state index is 0. The summed E-state index contributed by atoms with van der Waals surface area (Å²) in [6.07, 6.45) is 2.17. The summed E-state index contributed by atoms with van der Waals surface area (Å²) in [4.78, 5) is 0. The van der Waals surface area contributed by atoms with Gasteiger partial charge in [-0.05, 0) is 41.9 Å². The highest BCUT2D eigenvalue weighted by Crippen LogP contribution is 2.24. The van der Waals surface area contributed by atoms with Crippen LogP contribution in [0, 0.1) is 11.8 Å². The molecular formula is C27H42ClNO2. The smallest absolute Gasteiger partial charge is 0.122 e. The number of rotatable bonds is 13. The van der Waals surface area contributed by atoms with Crippen molar-refractivity contribution >= 4 is 0 Å². The van der Waals surface area contributed by atoms with Gasteiger partial charge in [-0.2, -0.15) is 0 Å². The van der Waals surface area contributed by atoms with E-state index in [0.717, 1.165) is 42.8 Å². The first-order chi connectivity index (χ1) is 14.2. The molecule has 0 heterocycles. The van der Waals surface area contributed by atoms with Crippen LogP contribution in [-0.4, -0.2) is 44.9 Å². The maximum absolute atomic E-state index is 6.10. The van der Waals surface area contributed by atoms with Crippen LogP contribution >= 0.6 is 0 Å². The summed E-state index contributed by atoms with van der Waals surface area (Å²) in [6, 6.07) is 17.3. The molecule has 0 amide bonds. The molecule has 0 saturated heterocycles. The van der Waals surface area contributed by atoms with Crippen LogP contribution in [-0.2, 0) is 24.1 Å². The highest BCUT2D eigenvalue weighted by molar-refractivity contribution is 5.38. The number of ether oxygens (including phenoxy) is 2. The third-order valence-corrected chi connectivity index (χ3v) is 5.18. The third-order valence-electron chi connectivity index (χ3n) is 5.18. The number of hydrogen-bond donors (Lipinski definition) is 0. The van der Waals surface area contributed by atoms with Crippen molar-refractivity contribution in [1.29, 1.82) is 0 Å². The molecule has 0 saturated carbocycles. The first-order valence-electron chi connectivity index (χ1n) is 11.4. The number of nitrogens with zero attached hydrogens (tertiary/aromatic N) is 1. The fourth-order valence-corrected chi connectivity index (χ4v) is 3.75. The highest BCUT2D eigenvalue weighted by Gasteiger charge is 2.15. The third kappa shape index (κ3) is 11.0. The summed E-state index contributed by atoms with van der Waals surface area (Å²) >= 11 is 0. The molecule has 2 aromatic rings. The number of quaternary nitrogens is 1. The molecule has 2 aromatic carbocycles. The molecule has 4 heteroatoms. The number of benzene rings is 2. The normalized spacial score (nSPS) is 11.6. The lowest BCUT2D eigenvalue weighted by Crippen LogP contribution is -3.00. The van der Waals surface area contributed by atoms with Crippen LogP contribution < -0.4 is 17.1 Å². The quantitative estimate of drug-likeness (QED) is 0.347. The van der Waals surface area contributed by atoms with Crippen LogP contribution in [0.15, 0.2) is 48.5 Å². The number of halogens is 1. The van der Waals surface area contributed by atoms with Crippen molar-refractivity contribution in [3.8, 4) is 5.75 Å². The average molecular weight is 448 g/mol. The Morgan fingerprint density at radius 3 is 2.10 bits per heavy atom. The highest BCUT2D eigenvalue weighted by atomic mass is 35.5. The van der Waals surface area contributed by atoms with Gasteiger partial charge in [-0.25, -0.2) is 0 Å². The van der Waals surface area contributed by atoms with E-state index in [1.165, 1.54) is 16.7 Å². The first kappa shape index (κ1) is 27.5. The lowest BCUT2D eigenvalue weighted by atomic mass is 9.96. The molecule has 0 atom stereocenters. The van der Waals surface area contributed by atoms with E-state index in [-0.39, 0.29) is 12.4 Å². The molecule has 31 heavy (non-hydrogen) atoms. The summed E-state index contributed by atoms with van der Waals surface area (Å²) in [7, 11) is 4.51. The van der Waals surface area contributed by atoms with Crippen LogP contribution in [0.3, 0.4) is 0 Å². The van der Waals surface area contributed by atoms with Crippen molar-refractivity contribution in [1.82, 2.24) is 0 Å². The summed E-state index contributed by atoms with van der Waals surface area (Å²) in [6.45, 7) is 13.0. The zero-order chi connectivity index (χ0) is 22.0. The Morgan fingerprint density at radius 1 is 0.774 bits per heavy atom. The molecule has 0 bridgehead atoms. The van der Waals surface area contributed by atoms with Crippen LogP contribution in [0.4, 0.5) is 0 Å². The van der Waals surface area contributed by atoms with E-state index < -0.39 is 0 Å². The van der Waals surface area contributed by atoms with E-state index in [9.17, 15) is 0 Å². The molecule has 0 unspecified atom stereocenters. The summed E-state index contributed by atoms with van der Waals surface area (Å²) in [5.74, 6) is 2.30. The maximum atomic E-state index is 6.10. The molecule has 0 aliphatic heterocycles. The minimum atomic E-state index is 0. The van der Waals surface area contributed by atoms with E-state index in [0.29, 0.717) is 25.0 Å². The Morgan fingerprint density at radius 2 is 1.45 bits per heavy atom. The SMILES string of the molecule is CC(C)Cc1ccc(OCCOCC[N+](C)(C)Cc2ccccc2)c(CC(C)C)c1.[Cl-]. The summed E-state index contributed by atoms with van der Waals surface area (Å²) in [5.41, 5.74) is 4.09. The molecule has 3 nitrogen and oxygen atoms in total. The fraction of sp³-hybridized carbons (Fsp3) is 0.556. The Bertz CT molecular complexity index is 744. The van der Waals surface area contributed by atoms with Crippen molar-refractivity contribution in [3.63, 3.8) is 0 Å². The Hall–Kier alpha value is -1.55. The van der Waals surface area contributed by atoms with Gasteiger partial charge in [0.05, 0.1) is 27.3 Å². The Kier molecular flexibility index (Phi) is 12.2. The van der Waals surface area contributed by atoms with Gasteiger partial charge in [0.15, 0.2) is 0 Å². The van der Waals surface area contributed by atoms with Gasteiger partial charge in [0, 0.05) is 5.56 Å². The van der Waals surface area contributed by atoms with Crippen molar-refractivity contribution in [2.75, 3.05) is 40.5 Å². The molecule has 0 aliphatic rings. The van der Waals surface area contributed by atoms with Crippen LogP contribution in [0.1, 0.15) is 44.4 Å². The fourth-order valence-electron chi connectivity index (χ4n) is 3.75. The second-order valence-electron chi connectivity index (χ2n) is 9.90. The number of likely N-dealkylation sites (N-methyl/N-ethyl adjacent to an activating group) is 1. The molecule has 0 aromatic heterocycles. The molecule has 0 N–H and O–H groups in total. The topological polar surface area (TPSA) is 18.5 Å². The zero-order valence-corrected chi connectivity index (χ0v) is 21.1. The maximum Gasteiger partial charge on any atom is 0.122 e. The van der Waals surface area contributed by atoms with Gasteiger partial charge < -0.3 is 26.4 Å². The van der Waals surface area contributed by atoms with Gasteiger partial charge in [-0.3, -0.25) is 0 Å². The van der Waals surface area contributed by atoms with Crippen LogP contribution in [0.25, 0.3) is 0 Å². The molecule has 0 spiro atoms. The monoisotopic (exact) mass is 447 g/mol. The lowest BCUT2D eigenvalue weighted by molar-refractivity contribution is -0.904. The van der Waals surface area contributed by atoms with Gasteiger partial charge in [-0.15, -0.1) is 0 Å². The zero-order valence-electron chi connectivity index (χ0n) is 20.4. The van der Waals surface area contributed by atoms with Gasteiger partial charge in [0.2, 0.25) is 0 Å². The van der Waals surface area contributed by atoms with Crippen LogP contribution in [0.5, 0.6) is 5.75 Å². The summed E-state index contributed by atoms with van der Waals surface area (Å²) in [5, 5.41) is 0. The van der Waals surface area contributed by atoms with Crippen molar-refractivity contribution in [3.05, 3.63) is 65.2 Å². The lowest BCUT2D eigenvalue weighted by Gasteiger charge is -2.29. The van der Waals surface area contributed by atoms with E-state index in [1.54, 1.807) is 0 Å². The van der Waals surface area contributed by atoms with Gasteiger partial charge in [0.25, 0.3) is 0 Å². The standard InChI is InChI=1S/C27H42NO2.ClH/c1-22(2)18-25-12-13-27(26(20-25)19-23(3)4)30-17-16-29-15-14-28(5,6)21-24-10-8-7-9-11-24;/h7-13,20,22-23H,14-19,21H2,1-6H3;1H/q+1;/p-1. The van der Waals surface area contributed by atoms with Crippen molar-refractivity contribution in [2.24, 2.45) is 11.8 Å². The largest absolute Gasteiger partial charge is 1.00 e. The molecule has 0 fully saturated rings.